The lowest BCUT2D eigenvalue weighted by Gasteiger charge is -2.38. The van der Waals surface area contributed by atoms with Gasteiger partial charge in [-0.1, -0.05) is 39.0 Å². The average Bonchev–Trinajstić information content (AvgIpc) is 2.21. The van der Waals surface area contributed by atoms with Gasteiger partial charge in [0.25, 0.3) is 0 Å². The fraction of sp³-hybridized carbons (Fsp3) is 0.733. The molecule has 106 valence electrons. The van der Waals surface area contributed by atoms with E-state index in [1.54, 1.807) is 0 Å². The Morgan fingerprint density at radius 3 is 2.33 bits per heavy atom. The third-order valence-corrected chi connectivity index (χ3v) is 8.26. The first-order chi connectivity index (χ1) is 8.12. The zero-order valence-corrected chi connectivity index (χ0v) is 14.1. The molecule has 0 bridgehead atoms. The van der Waals surface area contributed by atoms with Crippen molar-refractivity contribution in [1.82, 2.24) is 0 Å². The van der Waals surface area contributed by atoms with Crippen molar-refractivity contribution in [3.8, 4) is 0 Å². The molecule has 0 saturated heterocycles. The van der Waals surface area contributed by atoms with Gasteiger partial charge in [-0.05, 0) is 44.0 Å². The van der Waals surface area contributed by atoms with E-state index in [-0.39, 0.29) is 17.7 Å². The molecule has 0 aromatic carbocycles. The van der Waals surface area contributed by atoms with Crippen LogP contribution in [-0.2, 0) is 4.43 Å². The highest BCUT2D eigenvalue weighted by molar-refractivity contribution is 6.74. The van der Waals surface area contributed by atoms with Crippen molar-refractivity contribution in [3.05, 3.63) is 23.8 Å². The highest BCUT2D eigenvalue weighted by Gasteiger charge is 2.38. The minimum absolute atomic E-state index is 0.157. The summed E-state index contributed by atoms with van der Waals surface area (Å²) < 4.78 is 6.31. The second-order valence-electron chi connectivity index (χ2n) is 6.37. The van der Waals surface area contributed by atoms with Crippen LogP contribution >= 0.6 is 0 Å². The quantitative estimate of drug-likeness (QED) is 0.576. The fourth-order valence-corrected chi connectivity index (χ4v) is 2.66. The summed E-state index contributed by atoms with van der Waals surface area (Å²) in [6.45, 7) is 15.7. The largest absolute Gasteiger partial charge is 0.411 e. The highest BCUT2D eigenvalue weighted by atomic mass is 28.4. The predicted molar refractivity (Wildman–Crippen MR) is 82.3 cm³/mol. The topological polar surface area (TPSA) is 29.5 Å². The van der Waals surface area contributed by atoms with Crippen LogP contribution in [0.3, 0.4) is 0 Å². The lowest BCUT2D eigenvalue weighted by Crippen LogP contribution is -2.43. The van der Waals surface area contributed by atoms with Gasteiger partial charge >= 0.3 is 0 Å². The van der Waals surface area contributed by atoms with Crippen molar-refractivity contribution < 1.29 is 9.53 Å². The minimum Gasteiger partial charge on any atom is -0.411 e. The Hall–Kier alpha value is -0.383. The first-order valence-corrected chi connectivity index (χ1v) is 9.64. The number of aliphatic hydroxyl groups is 1. The Morgan fingerprint density at radius 1 is 1.33 bits per heavy atom. The standard InChI is InChI=1S/C15H30O2Si/c1-13(11-9-8-10-12-16)14(2)17-18(6,7)15(3,4)5/h8-9,11,14,16H,10,12H2,1-7H3/b9-8+,13-11+. The van der Waals surface area contributed by atoms with E-state index >= 15 is 0 Å². The van der Waals surface area contributed by atoms with E-state index in [0.717, 1.165) is 0 Å². The molecular weight excluding hydrogens is 240 g/mol. The van der Waals surface area contributed by atoms with Crippen LogP contribution in [0.2, 0.25) is 18.1 Å². The van der Waals surface area contributed by atoms with E-state index in [0.29, 0.717) is 6.42 Å². The fourth-order valence-electron chi connectivity index (χ4n) is 1.24. The molecule has 0 saturated carbocycles. The third kappa shape index (κ3) is 5.98. The molecule has 0 aliphatic carbocycles. The van der Waals surface area contributed by atoms with Gasteiger partial charge in [-0.2, -0.15) is 0 Å². The lowest BCUT2D eigenvalue weighted by molar-refractivity contribution is 0.232. The highest BCUT2D eigenvalue weighted by Crippen LogP contribution is 2.37. The Morgan fingerprint density at radius 2 is 1.89 bits per heavy atom. The maximum atomic E-state index is 8.69. The summed E-state index contributed by atoms with van der Waals surface area (Å²) in [6, 6.07) is 0. The van der Waals surface area contributed by atoms with Crippen LogP contribution in [0.15, 0.2) is 23.8 Å². The number of hydrogen-bond donors (Lipinski definition) is 1. The molecule has 0 spiro atoms. The molecule has 0 amide bonds. The molecule has 0 heterocycles. The van der Waals surface area contributed by atoms with Crippen LogP contribution in [0, 0.1) is 0 Å². The van der Waals surface area contributed by atoms with Gasteiger partial charge in [0.15, 0.2) is 8.32 Å². The van der Waals surface area contributed by atoms with Gasteiger partial charge in [-0.25, -0.2) is 0 Å². The maximum Gasteiger partial charge on any atom is 0.192 e. The van der Waals surface area contributed by atoms with Crippen LogP contribution in [0.25, 0.3) is 0 Å². The second kappa shape index (κ2) is 7.27. The molecule has 18 heavy (non-hydrogen) atoms. The van der Waals surface area contributed by atoms with Gasteiger partial charge in [0.2, 0.25) is 0 Å². The summed E-state index contributed by atoms with van der Waals surface area (Å²) in [5, 5.41) is 8.94. The molecule has 0 fully saturated rings. The zero-order chi connectivity index (χ0) is 14.4. The van der Waals surface area contributed by atoms with Crippen LogP contribution < -0.4 is 0 Å². The van der Waals surface area contributed by atoms with E-state index in [1.807, 2.05) is 12.2 Å². The number of hydrogen-bond acceptors (Lipinski definition) is 2. The van der Waals surface area contributed by atoms with Crippen molar-refractivity contribution in [2.24, 2.45) is 0 Å². The van der Waals surface area contributed by atoms with Gasteiger partial charge in [0.1, 0.15) is 0 Å². The first kappa shape index (κ1) is 17.6. The molecule has 0 rings (SSSR count). The molecule has 0 radical (unpaired) electrons. The predicted octanol–water partition coefficient (Wildman–Crippen LogP) is 4.28. The SMILES string of the molecule is C/C(=C\C=C\CCO)C(C)O[Si](C)(C)C(C)(C)C. The van der Waals surface area contributed by atoms with Gasteiger partial charge in [-0.15, -0.1) is 0 Å². The zero-order valence-electron chi connectivity index (χ0n) is 13.1. The molecule has 1 N–H and O–H groups in total. The maximum absolute atomic E-state index is 8.69. The van der Waals surface area contributed by atoms with E-state index < -0.39 is 8.32 Å². The summed E-state index contributed by atoms with van der Waals surface area (Å²) in [4.78, 5) is 0. The smallest absolute Gasteiger partial charge is 0.192 e. The molecule has 3 heteroatoms. The molecule has 2 nitrogen and oxygen atoms in total. The molecule has 0 aliphatic rings. The number of aliphatic hydroxyl groups excluding tert-OH is 1. The van der Waals surface area contributed by atoms with Crippen LogP contribution in [0.1, 0.15) is 41.0 Å². The Bertz CT molecular complexity index is 298. The van der Waals surface area contributed by atoms with Gasteiger partial charge in [0, 0.05) is 6.61 Å². The first-order valence-electron chi connectivity index (χ1n) is 6.74. The van der Waals surface area contributed by atoms with E-state index in [9.17, 15) is 0 Å². The van der Waals surface area contributed by atoms with Crippen molar-refractivity contribution in [3.63, 3.8) is 0 Å². The Kier molecular flexibility index (Phi) is 7.11. The molecule has 0 aliphatic heterocycles. The summed E-state index contributed by atoms with van der Waals surface area (Å²) in [6.07, 6.45) is 6.92. The molecule has 1 unspecified atom stereocenters. The van der Waals surface area contributed by atoms with Crippen LogP contribution in [0.4, 0.5) is 0 Å². The van der Waals surface area contributed by atoms with Gasteiger partial charge < -0.3 is 9.53 Å². The van der Waals surface area contributed by atoms with Crippen molar-refractivity contribution >= 4 is 8.32 Å². The second-order valence-corrected chi connectivity index (χ2v) is 11.1. The third-order valence-electron chi connectivity index (χ3n) is 3.71. The Labute approximate surface area is 114 Å². The summed E-state index contributed by atoms with van der Waals surface area (Å²) in [5.41, 5.74) is 1.23. The number of rotatable bonds is 6. The lowest BCUT2D eigenvalue weighted by atomic mass is 10.2. The summed E-state index contributed by atoms with van der Waals surface area (Å²) in [7, 11) is -1.69. The molecule has 0 aromatic heterocycles. The average molecular weight is 270 g/mol. The summed E-state index contributed by atoms with van der Waals surface area (Å²) in [5.74, 6) is 0. The van der Waals surface area contributed by atoms with E-state index in [4.69, 9.17) is 9.53 Å². The number of allylic oxidation sites excluding steroid dienone is 2. The van der Waals surface area contributed by atoms with Gasteiger partial charge in [-0.3, -0.25) is 0 Å². The van der Waals surface area contributed by atoms with Gasteiger partial charge in [0.05, 0.1) is 6.10 Å². The molecule has 1 atom stereocenters. The van der Waals surface area contributed by atoms with E-state index in [2.05, 4.69) is 53.8 Å². The molecular formula is C15H30O2Si. The normalized spacial score (nSPS) is 16.3. The van der Waals surface area contributed by atoms with Crippen molar-refractivity contribution in [2.75, 3.05) is 6.61 Å². The van der Waals surface area contributed by atoms with Crippen LogP contribution in [-0.4, -0.2) is 26.1 Å². The summed E-state index contributed by atoms with van der Waals surface area (Å²) >= 11 is 0. The van der Waals surface area contributed by atoms with E-state index in [1.165, 1.54) is 5.57 Å². The van der Waals surface area contributed by atoms with Crippen molar-refractivity contribution in [2.45, 2.75) is 65.3 Å². The Balaban J connectivity index is 4.53. The monoisotopic (exact) mass is 270 g/mol. The minimum atomic E-state index is -1.69. The van der Waals surface area contributed by atoms with Crippen LogP contribution in [0.5, 0.6) is 0 Å². The molecule has 0 aromatic rings. The van der Waals surface area contributed by atoms with Crippen molar-refractivity contribution in [1.29, 1.82) is 0 Å².